The van der Waals surface area contributed by atoms with E-state index in [0.29, 0.717) is 0 Å². The monoisotopic (exact) mass is 257 g/mol. The molecular formula is C15H19N3O. The Bertz CT molecular complexity index is 542. The van der Waals surface area contributed by atoms with Gasteiger partial charge in [0.1, 0.15) is 5.75 Å². The summed E-state index contributed by atoms with van der Waals surface area (Å²) >= 11 is 0. The number of hydrogen-bond donors (Lipinski definition) is 2. The lowest BCUT2D eigenvalue weighted by Crippen LogP contribution is -2.30. The maximum atomic E-state index is 5.68. The molecule has 19 heavy (non-hydrogen) atoms. The van der Waals surface area contributed by atoms with Crippen LogP contribution in [0.1, 0.15) is 22.9 Å². The second kappa shape index (κ2) is 6.31. The van der Waals surface area contributed by atoms with Crippen molar-refractivity contribution >= 4 is 0 Å². The van der Waals surface area contributed by atoms with E-state index in [2.05, 4.69) is 16.5 Å². The van der Waals surface area contributed by atoms with E-state index in [1.807, 2.05) is 37.3 Å². The van der Waals surface area contributed by atoms with Crippen LogP contribution in [0.25, 0.3) is 0 Å². The minimum absolute atomic E-state index is 0.0424. The third kappa shape index (κ3) is 3.30. The van der Waals surface area contributed by atoms with Crippen molar-refractivity contribution in [3.63, 3.8) is 0 Å². The van der Waals surface area contributed by atoms with Crippen LogP contribution in [0.4, 0.5) is 0 Å². The van der Waals surface area contributed by atoms with E-state index < -0.39 is 0 Å². The molecule has 1 heterocycles. The number of methoxy groups -OCH3 is 1. The van der Waals surface area contributed by atoms with Crippen molar-refractivity contribution in [3.8, 4) is 5.75 Å². The first-order valence-corrected chi connectivity index (χ1v) is 6.25. The highest BCUT2D eigenvalue weighted by Gasteiger charge is 2.13. The molecule has 1 aromatic carbocycles. The second-order valence-corrected chi connectivity index (χ2v) is 4.45. The summed E-state index contributed by atoms with van der Waals surface area (Å²) in [6.07, 6.45) is 2.58. The summed E-state index contributed by atoms with van der Waals surface area (Å²) in [6, 6.07) is 12.0. The summed E-state index contributed by atoms with van der Waals surface area (Å²) in [5.41, 5.74) is 6.15. The van der Waals surface area contributed by atoms with Crippen LogP contribution >= 0.6 is 0 Å². The predicted molar refractivity (Wildman–Crippen MR) is 75.7 cm³/mol. The minimum atomic E-state index is 0.0424. The number of hydrogen-bond acceptors (Lipinski definition) is 4. The van der Waals surface area contributed by atoms with Crippen molar-refractivity contribution in [1.29, 1.82) is 0 Å². The van der Waals surface area contributed by atoms with Gasteiger partial charge >= 0.3 is 0 Å². The molecule has 0 bridgehead atoms. The molecule has 0 saturated carbocycles. The van der Waals surface area contributed by atoms with Gasteiger partial charge in [0.15, 0.2) is 0 Å². The average molecular weight is 257 g/mol. The van der Waals surface area contributed by atoms with Gasteiger partial charge in [-0.15, -0.1) is 0 Å². The van der Waals surface area contributed by atoms with Gasteiger partial charge in [-0.1, -0.05) is 18.2 Å². The Morgan fingerprint density at radius 1 is 1.32 bits per heavy atom. The van der Waals surface area contributed by atoms with Crippen LogP contribution in [-0.4, -0.2) is 12.1 Å². The van der Waals surface area contributed by atoms with E-state index in [9.17, 15) is 0 Å². The maximum Gasteiger partial charge on any atom is 0.119 e. The molecule has 0 spiro atoms. The maximum absolute atomic E-state index is 5.68. The van der Waals surface area contributed by atoms with E-state index in [-0.39, 0.29) is 6.04 Å². The number of aromatic nitrogens is 1. The second-order valence-electron chi connectivity index (χ2n) is 4.45. The van der Waals surface area contributed by atoms with Gasteiger partial charge in [0, 0.05) is 11.9 Å². The molecule has 0 aliphatic heterocycles. The first kappa shape index (κ1) is 13.5. The number of nitrogens with two attached hydrogens (primary N) is 1. The summed E-state index contributed by atoms with van der Waals surface area (Å²) in [5, 5.41) is 0. The molecule has 2 rings (SSSR count). The fraction of sp³-hybridized carbons (Fsp3) is 0.267. The zero-order valence-corrected chi connectivity index (χ0v) is 11.3. The molecule has 0 fully saturated rings. The van der Waals surface area contributed by atoms with Gasteiger partial charge < -0.3 is 4.74 Å². The molecule has 100 valence electrons. The molecule has 4 nitrogen and oxygen atoms in total. The van der Waals surface area contributed by atoms with Gasteiger partial charge in [-0.2, -0.15) is 0 Å². The molecule has 4 heteroatoms. The highest BCUT2D eigenvalue weighted by Crippen LogP contribution is 2.22. The normalized spacial score (nSPS) is 12.2. The fourth-order valence-electron chi connectivity index (χ4n) is 2.16. The lowest BCUT2D eigenvalue weighted by Gasteiger charge is -2.18. The Labute approximate surface area is 113 Å². The van der Waals surface area contributed by atoms with E-state index in [4.69, 9.17) is 10.6 Å². The van der Waals surface area contributed by atoms with E-state index in [1.54, 1.807) is 13.3 Å². The molecule has 1 atom stereocenters. The van der Waals surface area contributed by atoms with Gasteiger partial charge in [-0.05, 0) is 42.7 Å². The fourth-order valence-corrected chi connectivity index (χ4v) is 2.16. The molecule has 0 saturated heterocycles. The Morgan fingerprint density at radius 2 is 2.16 bits per heavy atom. The standard InChI is InChI=1S/C15H19N3O/c1-11-14(7-4-8-17-11)15(18-16)10-12-5-3-6-13(9-12)19-2/h3-9,15,18H,10,16H2,1-2H3. The first-order chi connectivity index (χ1) is 9.24. The smallest absolute Gasteiger partial charge is 0.119 e. The number of pyridine rings is 1. The van der Waals surface area contributed by atoms with Gasteiger partial charge in [0.25, 0.3) is 0 Å². The first-order valence-electron chi connectivity index (χ1n) is 6.25. The van der Waals surface area contributed by atoms with Crippen LogP contribution in [-0.2, 0) is 6.42 Å². The average Bonchev–Trinajstić information content (AvgIpc) is 2.46. The third-order valence-corrected chi connectivity index (χ3v) is 3.20. The SMILES string of the molecule is COc1cccc(CC(NN)c2cccnc2C)c1. The number of rotatable bonds is 5. The quantitative estimate of drug-likeness (QED) is 0.636. The molecule has 2 aromatic rings. The highest BCUT2D eigenvalue weighted by atomic mass is 16.5. The van der Waals surface area contributed by atoms with E-state index >= 15 is 0 Å². The molecule has 0 aliphatic rings. The van der Waals surface area contributed by atoms with Crippen molar-refractivity contribution in [1.82, 2.24) is 10.4 Å². The Kier molecular flexibility index (Phi) is 4.49. The number of hydrazine groups is 1. The zero-order valence-electron chi connectivity index (χ0n) is 11.3. The van der Waals surface area contributed by atoms with Crippen molar-refractivity contribution in [3.05, 3.63) is 59.4 Å². The van der Waals surface area contributed by atoms with Crippen molar-refractivity contribution < 1.29 is 4.74 Å². The zero-order chi connectivity index (χ0) is 13.7. The molecule has 0 amide bonds. The summed E-state index contributed by atoms with van der Waals surface area (Å²) < 4.78 is 5.24. The summed E-state index contributed by atoms with van der Waals surface area (Å²) in [4.78, 5) is 4.30. The van der Waals surface area contributed by atoms with Crippen LogP contribution in [0, 0.1) is 6.92 Å². The summed E-state index contributed by atoms with van der Waals surface area (Å²) in [7, 11) is 1.67. The molecular weight excluding hydrogens is 238 g/mol. The van der Waals surface area contributed by atoms with Crippen LogP contribution in [0.5, 0.6) is 5.75 Å². The van der Waals surface area contributed by atoms with Crippen molar-refractivity contribution in [2.45, 2.75) is 19.4 Å². The van der Waals surface area contributed by atoms with Crippen LogP contribution in [0.3, 0.4) is 0 Å². The van der Waals surface area contributed by atoms with Crippen molar-refractivity contribution in [2.75, 3.05) is 7.11 Å². The van der Waals surface area contributed by atoms with E-state index in [1.165, 1.54) is 5.56 Å². The molecule has 1 unspecified atom stereocenters. The lowest BCUT2D eigenvalue weighted by atomic mass is 9.98. The Hall–Kier alpha value is -1.91. The molecule has 0 radical (unpaired) electrons. The number of nitrogens with zero attached hydrogens (tertiary/aromatic N) is 1. The number of nitrogens with one attached hydrogen (secondary N) is 1. The summed E-state index contributed by atoms with van der Waals surface area (Å²) in [6.45, 7) is 1.99. The van der Waals surface area contributed by atoms with Crippen LogP contribution in [0.2, 0.25) is 0 Å². The van der Waals surface area contributed by atoms with Gasteiger partial charge in [0.05, 0.1) is 13.2 Å². The topological polar surface area (TPSA) is 60.2 Å². The predicted octanol–water partition coefficient (Wildman–Crippen LogP) is 2.15. The van der Waals surface area contributed by atoms with Crippen molar-refractivity contribution in [2.24, 2.45) is 5.84 Å². The highest BCUT2D eigenvalue weighted by molar-refractivity contribution is 5.31. The molecule has 1 aromatic heterocycles. The number of ether oxygens (including phenoxy) is 1. The summed E-state index contributed by atoms with van der Waals surface area (Å²) in [5.74, 6) is 6.54. The number of benzene rings is 1. The van der Waals surface area contributed by atoms with Crippen LogP contribution < -0.4 is 16.0 Å². The minimum Gasteiger partial charge on any atom is -0.497 e. The molecule has 3 N–H and O–H groups in total. The van der Waals surface area contributed by atoms with Gasteiger partial charge in [-0.25, -0.2) is 0 Å². The van der Waals surface area contributed by atoms with E-state index in [0.717, 1.165) is 23.4 Å². The van der Waals surface area contributed by atoms with Gasteiger partial charge in [0.2, 0.25) is 0 Å². The third-order valence-electron chi connectivity index (χ3n) is 3.20. The Balaban J connectivity index is 2.21. The number of aryl methyl sites for hydroxylation is 1. The lowest BCUT2D eigenvalue weighted by molar-refractivity contribution is 0.414. The molecule has 0 aliphatic carbocycles. The van der Waals surface area contributed by atoms with Crippen LogP contribution in [0.15, 0.2) is 42.6 Å². The Morgan fingerprint density at radius 3 is 2.84 bits per heavy atom. The van der Waals surface area contributed by atoms with Gasteiger partial charge in [-0.3, -0.25) is 16.3 Å². The largest absolute Gasteiger partial charge is 0.497 e.